The van der Waals surface area contributed by atoms with Gasteiger partial charge in [-0.05, 0) is 56.0 Å². The molecule has 1 saturated heterocycles. The van der Waals surface area contributed by atoms with E-state index in [1.165, 1.54) is 16.2 Å². The monoisotopic (exact) mass is 429 g/mol. The number of ether oxygens (including phenoxy) is 3. The highest BCUT2D eigenvalue weighted by Crippen LogP contribution is 2.40. The van der Waals surface area contributed by atoms with Crippen molar-refractivity contribution in [2.45, 2.75) is 52.7 Å². The molecule has 4 rings (SSSR count). The quantitative estimate of drug-likeness (QED) is 0.667. The molecule has 0 spiro atoms. The van der Waals surface area contributed by atoms with Crippen molar-refractivity contribution in [1.82, 2.24) is 4.90 Å². The Bertz CT molecular complexity index is 885. The summed E-state index contributed by atoms with van der Waals surface area (Å²) >= 11 is 1.76. The maximum absolute atomic E-state index is 12.7. The largest absolute Gasteiger partial charge is 0.487 e. The summed E-state index contributed by atoms with van der Waals surface area (Å²) < 4.78 is 18.2. The summed E-state index contributed by atoms with van der Waals surface area (Å²) in [6.45, 7) is 8.93. The normalized spacial score (nSPS) is 19.2. The fourth-order valence-corrected chi connectivity index (χ4v) is 4.85. The van der Waals surface area contributed by atoms with Crippen molar-refractivity contribution in [2.75, 3.05) is 26.4 Å². The zero-order valence-electron chi connectivity index (χ0n) is 18.1. The average Bonchev–Trinajstić information content (AvgIpc) is 3.06. The van der Waals surface area contributed by atoms with Crippen molar-refractivity contribution in [3.8, 4) is 21.9 Å². The minimum absolute atomic E-state index is 0.0335. The molecule has 1 aromatic carbocycles. The van der Waals surface area contributed by atoms with Crippen LogP contribution in [0.5, 0.6) is 11.5 Å². The fourth-order valence-electron chi connectivity index (χ4n) is 4.00. The summed E-state index contributed by atoms with van der Waals surface area (Å²) in [4.78, 5) is 17.0. The second kappa shape index (κ2) is 9.40. The van der Waals surface area contributed by atoms with E-state index < -0.39 is 0 Å². The summed E-state index contributed by atoms with van der Waals surface area (Å²) in [5, 5.41) is 0. The van der Waals surface area contributed by atoms with Gasteiger partial charge in [-0.1, -0.05) is 13.8 Å². The number of hydrogen-bond acceptors (Lipinski definition) is 5. The number of thiophene rings is 1. The molecule has 1 amide bonds. The van der Waals surface area contributed by atoms with Crippen LogP contribution in [0.3, 0.4) is 0 Å². The zero-order chi connectivity index (χ0) is 21.1. The number of aryl methyl sites for hydroxylation is 1. The zero-order valence-corrected chi connectivity index (χ0v) is 18.9. The number of amides is 1. The Kier molecular flexibility index (Phi) is 6.64. The highest BCUT2D eigenvalue weighted by atomic mass is 32.1. The molecule has 1 atom stereocenters. The standard InChI is InChI=1S/C24H31NO4S/c1-16(2)24(26)25-9-11-28-23-19(14-25)12-18(22-8-7-17(3)30-22)13-21(23)29-15-20-6-4-5-10-27-20/h7-8,12-13,16,20H,4-6,9-11,14-15H2,1-3H3/t20-/m1/s1. The van der Waals surface area contributed by atoms with Crippen LogP contribution in [0.25, 0.3) is 10.4 Å². The van der Waals surface area contributed by atoms with Gasteiger partial charge >= 0.3 is 0 Å². The second-order valence-electron chi connectivity index (χ2n) is 8.44. The first-order valence-corrected chi connectivity index (χ1v) is 11.7. The topological polar surface area (TPSA) is 48.0 Å². The molecule has 0 N–H and O–H groups in total. The lowest BCUT2D eigenvalue weighted by molar-refractivity contribution is -0.135. The van der Waals surface area contributed by atoms with Crippen LogP contribution in [0, 0.1) is 12.8 Å². The highest BCUT2D eigenvalue weighted by molar-refractivity contribution is 7.15. The Labute approximate surface area is 182 Å². The van der Waals surface area contributed by atoms with Crippen molar-refractivity contribution in [3.63, 3.8) is 0 Å². The molecule has 1 aromatic heterocycles. The van der Waals surface area contributed by atoms with Crippen LogP contribution in [0.15, 0.2) is 24.3 Å². The van der Waals surface area contributed by atoms with E-state index in [-0.39, 0.29) is 17.9 Å². The van der Waals surface area contributed by atoms with Crippen molar-refractivity contribution in [1.29, 1.82) is 0 Å². The third-order valence-corrected chi connectivity index (χ3v) is 6.68. The molecule has 3 heterocycles. The summed E-state index contributed by atoms with van der Waals surface area (Å²) in [5.74, 6) is 1.64. The minimum Gasteiger partial charge on any atom is -0.487 e. The maximum atomic E-state index is 12.7. The van der Waals surface area contributed by atoms with E-state index in [1.807, 2.05) is 18.7 Å². The van der Waals surface area contributed by atoms with Gasteiger partial charge in [0, 0.05) is 34.4 Å². The van der Waals surface area contributed by atoms with Gasteiger partial charge in [-0.3, -0.25) is 4.79 Å². The first-order valence-electron chi connectivity index (χ1n) is 10.9. The number of hydrogen-bond donors (Lipinski definition) is 0. The van der Waals surface area contributed by atoms with E-state index >= 15 is 0 Å². The summed E-state index contributed by atoms with van der Waals surface area (Å²) in [5.41, 5.74) is 2.11. The van der Waals surface area contributed by atoms with Gasteiger partial charge in [0.15, 0.2) is 11.5 Å². The molecule has 0 aliphatic carbocycles. The van der Waals surface area contributed by atoms with Crippen LogP contribution in [0.1, 0.15) is 43.6 Å². The molecule has 30 heavy (non-hydrogen) atoms. The van der Waals surface area contributed by atoms with E-state index in [2.05, 4.69) is 31.2 Å². The van der Waals surface area contributed by atoms with Gasteiger partial charge in [0.2, 0.25) is 5.91 Å². The van der Waals surface area contributed by atoms with Crippen molar-refractivity contribution in [2.24, 2.45) is 5.92 Å². The van der Waals surface area contributed by atoms with Gasteiger partial charge in [-0.25, -0.2) is 0 Å². The van der Waals surface area contributed by atoms with Crippen LogP contribution >= 0.6 is 11.3 Å². The first kappa shape index (κ1) is 21.2. The van der Waals surface area contributed by atoms with Crippen molar-refractivity contribution >= 4 is 17.2 Å². The smallest absolute Gasteiger partial charge is 0.225 e. The summed E-state index contributed by atoms with van der Waals surface area (Å²) in [7, 11) is 0. The van der Waals surface area contributed by atoms with Gasteiger partial charge in [0.25, 0.3) is 0 Å². The third kappa shape index (κ3) is 4.81. The molecule has 0 saturated carbocycles. The molecule has 6 heteroatoms. The highest BCUT2D eigenvalue weighted by Gasteiger charge is 2.26. The Morgan fingerprint density at radius 2 is 2.13 bits per heavy atom. The third-order valence-electron chi connectivity index (χ3n) is 5.63. The fraction of sp³-hybridized carbons (Fsp3) is 0.542. The molecule has 5 nitrogen and oxygen atoms in total. The predicted octanol–water partition coefficient (Wildman–Crippen LogP) is 5.05. The minimum atomic E-state index is -0.0335. The van der Waals surface area contributed by atoms with E-state index in [0.717, 1.165) is 42.1 Å². The van der Waals surface area contributed by atoms with Crippen LogP contribution in [-0.2, 0) is 16.1 Å². The van der Waals surface area contributed by atoms with Crippen LogP contribution in [-0.4, -0.2) is 43.3 Å². The first-order chi connectivity index (χ1) is 14.5. The molecule has 1 fully saturated rings. The van der Waals surface area contributed by atoms with Crippen molar-refractivity contribution in [3.05, 3.63) is 34.7 Å². The van der Waals surface area contributed by atoms with E-state index in [1.54, 1.807) is 11.3 Å². The lowest BCUT2D eigenvalue weighted by Gasteiger charge is -2.24. The lowest BCUT2D eigenvalue weighted by Crippen LogP contribution is -2.35. The molecule has 2 aliphatic rings. The second-order valence-corrected chi connectivity index (χ2v) is 9.72. The number of fused-ring (bicyclic) bond motifs is 1. The van der Waals surface area contributed by atoms with Gasteiger partial charge < -0.3 is 19.1 Å². The number of carbonyl (C=O) groups is 1. The average molecular weight is 430 g/mol. The molecular formula is C24H31NO4S. The molecule has 0 unspecified atom stereocenters. The Balaban J connectivity index is 1.65. The van der Waals surface area contributed by atoms with Crippen LogP contribution in [0.2, 0.25) is 0 Å². The summed E-state index contributed by atoms with van der Waals surface area (Å²) in [6.07, 6.45) is 3.47. The number of carbonyl (C=O) groups excluding carboxylic acids is 1. The van der Waals surface area contributed by atoms with Crippen LogP contribution < -0.4 is 9.47 Å². The predicted molar refractivity (Wildman–Crippen MR) is 119 cm³/mol. The van der Waals surface area contributed by atoms with Gasteiger partial charge in [0.1, 0.15) is 13.2 Å². The molecule has 0 radical (unpaired) electrons. The number of benzene rings is 1. The lowest BCUT2D eigenvalue weighted by atomic mass is 10.1. The summed E-state index contributed by atoms with van der Waals surface area (Å²) in [6, 6.07) is 8.50. The van der Waals surface area contributed by atoms with Gasteiger partial charge in [-0.15, -0.1) is 11.3 Å². The Morgan fingerprint density at radius 3 is 2.83 bits per heavy atom. The van der Waals surface area contributed by atoms with E-state index in [4.69, 9.17) is 14.2 Å². The SMILES string of the molecule is Cc1ccc(-c2cc3c(c(OC[C@H]4CCCCO4)c2)OCCN(C(=O)C(C)C)C3)s1. The molecule has 0 bridgehead atoms. The van der Waals surface area contributed by atoms with E-state index in [0.29, 0.717) is 26.3 Å². The van der Waals surface area contributed by atoms with Gasteiger partial charge in [-0.2, -0.15) is 0 Å². The molecule has 2 aromatic rings. The maximum Gasteiger partial charge on any atom is 0.225 e. The number of nitrogens with zero attached hydrogens (tertiary/aromatic N) is 1. The molecule has 2 aliphatic heterocycles. The van der Waals surface area contributed by atoms with Crippen LogP contribution in [0.4, 0.5) is 0 Å². The van der Waals surface area contributed by atoms with E-state index in [9.17, 15) is 4.79 Å². The Hall–Kier alpha value is -2.05. The van der Waals surface area contributed by atoms with Gasteiger partial charge in [0.05, 0.1) is 12.6 Å². The molecule has 162 valence electrons. The molecular weight excluding hydrogens is 398 g/mol. The number of rotatable bonds is 5. The Morgan fingerprint density at radius 1 is 1.27 bits per heavy atom. The van der Waals surface area contributed by atoms with Crippen molar-refractivity contribution < 1.29 is 19.0 Å².